The lowest BCUT2D eigenvalue weighted by Gasteiger charge is -2.37. The molecular formula is C62H87Cl2N11O9. The van der Waals surface area contributed by atoms with Crippen LogP contribution in [0.4, 0.5) is 22.7 Å². The van der Waals surface area contributed by atoms with Crippen LogP contribution in [0.3, 0.4) is 0 Å². The fraction of sp³-hybridized carbons (Fsp3) is 0.516. The Labute approximate surface area is 505 Å². The molecule has 2 saturated heterocycles. The maximum absolute atomic E-state index is 14.0. The van der Waals surface area contributed by atoms with Crippen LogP contribution in [0.15, 0.2) is 85.2 Å². The normalized spacial score (nSPS) is 17.3. The van der Waals surface area contributed by atoms with Crippen LogP contribution in [-0.2, 0) is 64.3 Å². The van der Waals surface area contributed by atoms with Crippen LogP contribution in [0.5, 0.6) is 0 Å². The Bertz CT molecular complexity index is 2710. The number of Topliss-reactive ketones (excluding diaryl/α,β-unsaturated/α-hetero) is 2. The Kier molecular flexibility index (Phi) is 26.6. The van der Waals surface area contributed by atoms with Crippen LogP contribution in [0.1, 0.15) is 136 Å². The van der Waals surface area contributed by atoms with Gasteiger partial charge in [-0.1, -0.05) is 64.1 Å². The maximum Gasteiger partial charge on any atom is 0.240 e. The number of hydrogen-bond acceptors (Lipinski definition) is 14. The van der Waals surface area contributed by atoms with Gasteiger partial charge in [-0.25, -0.2) is 5.25 Å². The molecule has 4 atom stereocenters. The Morgan fingerprint density at radius 2 is 0.976 bits per heavy atom. The Balaban J connectivity index is 0.000000331. The van der Waals surface area contributed by atoms with Gasteiger partial charge in [0, 0.05) is 69.6 Å². The van der Waals surface area contributed by atoms with Crippen LogP contribution in [0.25, 0.3) is 0 Å². The fourth-order valence-electron chi connectivity index (χ4n) is 10.6. The summed E-state index contributed by atoms with van der Waals surface area (Å²) in [6.45, 7) is 17.9. The minimum atomic E-state index is -1.13. The number of nitrogens with one attached hydrogen (secondary N) is 2. The first-order valence-electron chi connectivity index (χ1n) is 28.7. The molecule has 458 valence electrons. The Morgan fingerprint density at radius 3 is 1.26 bits per heavy atom. The molecule has 6 amide bonds. The molecule has 2 unspecified atom stereocenters. The number of fused-ring (bicyclic) bond motifs is 2. The molecule has 2 fully saturated rings. The van der Waals surface area contributed by atoms with E-state index in [1.165, 1.54) is 0 Å². The molecule has 4 aromatic rings. The predicted octanol–water partition coefficient (Wildman–Crippen LogP) is 6.80. The van der Waals surface area contributed by atoms with Crippen molar-refractivity contribution in [2.24, 2.45) is 40.4 Å². The number of carbonyl (C=O) groups is 8. The van der Waals surface area contributed by atoms with Crippen molar-refractivity contribution in [1.29, 1.82) is 0 Å². The van der Waals surface area contributed by atoms with Crippen LogP contribution in [0, 0.1) is 23.7 Å². The first-order valence-corrected chi connectivity index (χ1v) is 29.1. The molecule has 0 bridgehead atoms. The second-order valence-electron chi connectivity index (χ2n) is 23.6. The van der Waals surface area contributed by atoms with Gasteiger partial charge in [-0.2, -0.15) is 0 Å². The van der Waals surface area contributed by atoms with Crippen molar-refractivity contribution in [3.8, 4) is 0 Å². The molecule has 0 aliphatic carbocycles. The van der Waals surface area contributed by atoms with E-state index in [1.807, 2.05) is 100 Å². The van der Waals surface area contributed by atoms with Gasteiger partial charge >= 0.3 is 0 Å². The van der Waals surface area contributed by atoms with Gasteiger partial charge in [-0.15, -0.1) is 12.4 Å². The average molecular weight is 1200 g/mol. The minimum Gasteiger partial charge on any atom is -0.397 e. The zero-order valence-electron chi connectivity index (χ0n) is 50.1. The molecule has 4 aliphatic rings. The SMILES string of the molecule is CC(C)C[C@@H](NC(=O)C(C)(C)N)C(=O)CC1Cc2cccc(N3CCCC3=O)c2N(Cc2ccccn2)C1=O.CC(C)C[C@@H](NC(=O)C(C)(C)N)C(=O)CC1Cc2cccc(N3CCCC3=O)c2N(Cc2ccccn2)C1=O.CCO.Cl.NCl. The minimum absolute atomic E-state index is 0. The van der Waals surface area contributed by atoms with Gasteiger partial charge in [0.2, 0.25) is 35.4 Å². The highest BCUT2D eigenvalue weighted by atomic mass is 35.5. The third-order valence-corrected chi connectivity index (χ3v) is 14.6. The number of amides is 6. The number of ketones is 2. The largest absolute Gasteiger partial charge is 0.397 e. The highest BCUT2D eigenvalue weighted by Gasteiger charge is 2.42. The summed E-state index contributed by atoms with van der Waals surface area (Å²) in [5.74, 6) is -2.36. The van der Waals surface area contributed by atoms with E-state index in [1.54, 1.807) is 66.6 Å². The van der Waals surface area contributed by atoms with Crippen molar-refractivity contribution in [1.82, 2.24) is 20.6 Å². The summed E-state index contributed by atoms with van der Waals surface area (Å²) in [5.41, 5.74) is 15.8. The molecule has 9 N–H and O–H groups in total. The van der Waals surface area contributed by atoms with E-state index < -0.39 is 46.8 Å². The van der Waals surface area contributed by atoms with Gasteiger partial charge in [0.05, 0.1) is 70.4 Å². The topological polar surface area (TPSA) is 298 Å². The van der Waals surface area contributed by atoms with Crippen LogP contribution in [0.2, 0.25) is 0 Å². The Morgan fingerprint density at radius 1 is 0.619 bits per heavy atom. The number of rotatable bonds is 20. The number of nitrogens with two attached hydrogens (primary N) is 3. The van der Waals surface area contributed by atoms with Gasteiger partial charge in [-0.3, -0.25) is 48.3 Å². The Hall–Kier alpha value is -6.68. The summed E-state index contributed by atoms with van der Waals surface area (Å²) in [6, 6.07) is 21.1. The number of benzene rings is 2. The molecule has 84 heavy (non-hydrogen) atoms. The first-order chi connectivity index (χ1) is 39.3. The molecule has 2 aromatic carbocycles. The molecule has 6 heterocycles. The summed E-state index contributed by atoms with van der Waals surface area (Å²) in [7, 11) is 0. The number of halogens is 2. The summed E-state index contributed by atoms with van der Waals surface area (Å²) < 4.78 is 0. The number of aliphatic hydroxyl groups excluding tert-OH is 1. The van der Waals surface area contributed by atoms with Crippen molar-refractivity contribution in [3.63, 3.8) is 0 Å². The number of para-hydroxylation sites is 2. The maximum atomic E-state index is 14.0. The molecule has 0 saturated carbocycles. The third kappa shape index (κ3) is 18.7. The lowest BCUT2D eigenvalue weighted by atomic mass is 9.84. The number of anilines is 4. The van der Waals surface area contributed by atoms with E-state index in [9.17, 15) is 38.4 Å². The lowest BCUT2D eigenvalue weighted by Crippen LogP contribution is -2.54. The third-order valence-electron chi connectivity index (χ3n) is 14.6. The average Bonchev–Trinajstić information content (AvgIpc) is 3.67. The summed E-state index contributed by atoms with van der Waals surface area (Å²) in [6.07, 6.45) is 7.52. The second kappa shape index (κ2) is 32.0. The van der Waals surface area contributed by atoms with Crippen LogP contribution >= 0.6 is 24.2 Å². The molecule has 8 rings (SSSR count). The van der Waals surface area contributed by atoms with Crippen molar-refractivity contribution in [2.75, 3.05) is 39.3 Å². The smallest absolute Gasteiger partial charge is 0.240 e. The monoisotopic (exact) mass is 1200 g/mol. The van der Waals surface area contributed by atoms with Crippen LogP contribution < -0.4 is 47.0 Å². The summed E-state index contributed by atoms with van der Waals surface area (Å²) >= 11 is 4.14. The van der Waals surface area contributed by atoms with Gasteiger partial charge in [0.25, 0.3) is 0 Å². The molecule has 4 aliphatic heterocycles. The van der Waals surface area contributed by atoms with E-state index in [0.29, 0.717) is 74.4 Å². The van der Waals surface area contributed by atoms with Crippen molar-refractivity contribution in [3.05, 3.63) is 108 Å². The van der Waals surface area contributed by atoms with E-state index >= 15 is 0 Å². The van der Waals surface area contributed by atoms with E-state index in [0.717, 1.165) is 35.3 Å². The van der Waals surface area contributed by atoms with E-state index in [2.05, 4.69) is 37.6 Å². The second-order valence-corrected chi connectivity index (χ2v) is 23.6. The molecule has 0 spiro atoms. The molecule has 0 radical (unpaired) electrons. The highest BCUT2D eigenvalue weighted by molar-refractivity contribution is 6.11. The van der Waals surface area contributed by atoms with Crippen molar-refractivity contribution >= 4 is 93.9 Å². The van der Waals surface area contributed by atoms with Crippen molar-refractivity contribution in [2.45, 2.75) is 163 Å². The van der Waals surface area contributed by atoms with Gasteiger partial charge in [-0.05, 0) is 144 Å². The number of aromatic nitrogens is 2. The quantitative estimate of drug-likeness (QED) is 0.0496. The van der Waals surface area contributed by atoms with Crippen molar-refractivity contribution < 1.29 is 43.5 Å². The molecule has 20 nitrogen and oxygen atoms in total. The summed E-state index contributed by atoms with van der Waals surface area (Å²) in [4.78, 5) is 121. The van der Waals surface area contributed by atoms with Gasteiger partial charge in [0.1, 0.15) is 0 Å². The molecule has 22 heteroatoms. The van der Waals surface area contributed by atoms with Gasteiger partial charge < -0.3 is 46.8 Å². The first kappa shape index (κ1) is 69.8. The fourth-order valence-corrected chi connectivity index (χ4v) is 10.6. The molecule has 2 aromatic heterocycles. The zero-order chi connectivity index (χ0) is 61.3. The number of nitrogens with zero attached hydrogens (tertiary/aromatic N) is 6. The zero-order valence-corrected chi connectivity index (χ0v) is 51.6. The lowest BCUT2D eigenvalue weighted by molar-refractivity contribution is -0.132. The number of hydrogen-bond donors (Lipinski definition) is 6. The number of pyridine rings is 2. The van der Waals surface area contributed by atoms with Gasteiger partial charge in [0.15, 0.2) is 11.6 Å². The summed E-state index contributed by atoms with van der Waals surface area (Å²) in [5, 5.41) is 17.2. The number of aliphatic hydroxyl groups is 1. The van der Waals surface area contributed by atoms with Crippen LogP contribution in [-0.4, -0.2) is 105 Å². The number of carbonyl (C=O) groups excluding carboxylic acids is 8. The highest BCUT2D eigenvalue weighted by Crippen LogP contribution is 2.44. The predicted molar refractivity (Wildman–Crippen MR) is 330 cm³/mol. The van der Waals surface area contributed by atoms with E-state index in [-0.39, 0.29) is 92.0 Å². The van der Waals surface area contributed by atoms with E-state index in [4.69, 9.17) is 16.6 Å². The molecular weight excluding hydrogens is 1110 g/mol. The standard InChI is InChI=1S/2C30H39N5O4.C2H6O.ClH2N.ClH/c2*1-19(2)15-23(33-29(39)30(3,4)31)25(36)17-21-16-20-9-7-11-24(34-14-8-12-26(34)37)27(20)35(28(21)38)18-22-10-5-6-13-32-22;1-2-3;1-2;/h2*5-7,9-11,13,19,21,23H,8,12,14-18,31H2,1-4H3,(H,33,39);3H,2H2,1H3;2H2;1H/t2*21?,23-;;;/m11.../s1.